The third-order valence-electron chi connectivity index (χ3n) is 4.13. The van der Waals surface area contributed by atoms with Crippen molar-refractivity contribution in [3.63, 3.8) is 0 Å². The number of benzene rings is 3. The Morgan fingerprint density at radius 3 is 2.43 bits per heavy atom. The number of hydrogen-bond donors (Lipinski definition) is 0. The molecule has 0 amide bonds. The minimum Gasteiger partial charge on any atom is -0.488 e. The molecule has 3 aromatic carbocycles. The lowest BCUT2D eigenvalue weighted by Crippen LogP contribution is -2.02. The van der Waals surface area contributed by atoms with Crippen molar-refractivity contribution < 1.29 is 18.7 Å². The lowest BCUT2D eigenvalue weighted by Gasteiger charge is -2.10. The van der Waals surface area contributed by atoms with Crippen molar-refractivity contribution in [2.24, 2.45) is 0 Å². The van der Waals surface area contributed by atoms with E-state index in [1.165, 1.54) is 31.0 Å². The summed E-state index contributed by atoms with van der Waals surface area (Å²) in [5, 5.41) is 9.50. The number of hydrogen-bond acceptors (Lipinski definition) is 5. The molecule has 0 aliphatic heterocycles. The van der Waals surface area contributed by atoms with Gasteiger partial charge in [0.05, 0.1) is 17.6 Å². The van der Waals surface area contributed by atoms with Crippen molar-refractivity contribution >= 4 is 23.8 Å². The Kier molecular flexibility index (Phi) is 7.25. The van der Waals surface area contributed by atoms with Crippen LogP contribution in [0.15, 0.2) is 82.6 Å². The fourth-order valence-electron chi connectivity index (χ4n) is 2.60. The predicted octanol–water partition coefficient (Wildman–Crippen LogP) is 5.85. The van der Waals surface area contributed by atoms with Crippen LogP contribution < -0.4 is 4.74 Å². The van der Waals surface area contributed by atoms with Gasteiger partial charge in [-0.3, -0.25) is 0 Å². The van der Waals surface area contributed by atoms with Gasteiger partial charge in [0.15, 0.2) is 0 Å². The first-order valence-corrected chi connectivity index (χ1v) is 9.85. The van der Waals surface area contributed by atoms with Crippen molar-refractivity contribution in [3.8, 4) is 11.8 Å². The number of halogens is 1. The van der Waals surface area contributed by atoms with E-state index in [1.54, 1.807) is 42.5 Å². The average molecular weight is 419 g/mol. The summed E-state index contributed by atoms with van der Waals surface area (Å²) in [7, 11) is 1.34. The highest BCUT2D eigenvalue weighted by atomic mass is 32.2. The largest absolute Gasteiger partial charge is 0.488 e. The number of para-hydroxylation sites is 1. The maximum atomic E-state index is 13.1. The standard InChI is InChI=1S/C24H18FNO3S/c1-28-24(27)18-8-6-17(7-9-18)16-29-23-5-3-2-4-19(23)14-22(15-26)30-21-12-10-20(25)11-13-21/h2-14H,16H2,1H3. The van der Waals surface area contributed by atoms with Crippen LogP contribution in [0.1, 0.15) is 21.5 Å². The van der Waals surface area contributed by atoms with Crippen LogP contribution in [0.25, 0.3) is 6.08 Å². The number of nitrogens with zero attached hydrogens (tertiary/aromatic N) is 1. The third kappa shape index (κ3) is 5.72. The van der Waals surface area contributed by atoms with Crippen molar-refractivity contribution in [2.45, 2.75) is 11.5 Å². The summed E-state index contributed by atoms with van der Waals surface area (Å²) < 4.78 is 23.7. The molecule has 6 heteroatoms. The zero-order chi connectivity index (χ0) is 21.3. The first-order valence-electron chi connectivity index (χ1n) is 9.03. The van der Waals surface area contributed by atoms with Crippen molar-refractivity contribution in [3.05, 3.63) is 100 Å². The molecule has 0 saturated carbocycles. The maximum Gasteiger partial charge on any atom is 0.337 e. The molecule has 0 spiro atoms. The Morgan fingerprint density at radius 2 is 1.77 bits per heavy atom. The Labute approximate surface area is 178 Å². The van der Waals surface area contributed by atoms with Gasteiger partial charge in [-0.15, -0.1) is 0 Å². The highest BCUT2D eigenvalue weighted by Crippen LogP contribution is 2.30. The number of allylic oxidation sites excluding steroid dienone is 1. The number of thioether (sulfide) groups is 1. The highest BCUT2D eigenvalue weighted by molar-refractivity contribution is 8.03. The van der Waals surface area contributed by atoms with Crippen molar-refractivity contribution in [2.75, 3.05) is 7.11 Å². The molecule has 0 unspecified atom stereocenters. The van der Waals surface area contributed by atoms with Gasteiger partial charge in [0.1, 0.15) is 24.2 Å². The maximum absolute atomic E-state index is 13.1. The molecule has 150 valence electrons. The van der Waals surface area contributed by atoms with E-state index >= 15 is 0 Å². The lowest BCUT2D eigenvalue weighted by atomic mass is 10.1. The monoisotopic (exact) mass is 419 g/mol. The van der Waals surface area contributed by atoms with Gasteiger partial charge in [-0.1, -0.05) is 42.1 Å². The highest BCUT2D eigenvalue weighted by Gasteiger charge is 2.07. The van der Waals surface area contributed by atoms with Gasteiger partial charge in [-0.2, -0.15) is 5.26 Å². The molecular formula is C24H18FNO3S. The molecule has 0 aromatic heterocycles. The molecule has 3 aromatic rings. The van der Waals surface area contributed by atoms with E-state index in [0.29, 0.717) is 22.8 Å². The summed E-state index contributed by atoms with van der Waals surface area (Å²) in [6, 6.07) is 22.5. The molecule has 3 rings (SSSR count). The van der Waals surface area contributed by atoms with Crippen LogP contribution in [-0.4, -0.2) is 13.1 Å². The molecule has 0 N–H and O–H groups in total. The third-order valence-corrected chi connectivity index (χ3v) is 5.06. The molecule has 0 atom stereocenters. The van der Waals surface area contributed by atoms with Crippen LogP contribution in [0.2, 0.25) is 0 Å². The van der Waals surface area contributed by atoms with E-state index in [1.807, 2.05) is 24.3 Å². The molecule has 30 heavy (non-hydrogen) atoms. The topological polar surface area (TPSA) is 59.3 Å². The smallest absolute Gasteiger partial charge is 0.337 e. The Morgan fingerprint density at radius 1 is 1.07 bits per heavy atom. The average Bonchev–Trinajstić information content (AvgIpc) is 2.79. The first kappa shape index (κ1) is 21.2. The number of carbonyl (C=O) groups excluding carboxylic acids is 1. The molecule has 0 aliphatic carbocycles. The second kappa shape index (κ2) is 10.3. The zero-order valence-electron chi connectivity index (χ0n) is 16.2. The second-order valence-corrected chi connectivity index (χ2v) is 7.31. The van der Waals surface area contributed by atoms with Crippen LogP contribution in [0.3, 0.4) is 0 Å². The molecule has 0 fully saturated rings. The van der Waals surface area contributed by atoms with Gasteiger partial charge in [-0.25, -0.2) is 9.18 Å². The quantitative estimate of drug-likeness (QED) is 0.273. The fourth-order valence-corrected chi connectivity index (χ4v) is 3.36. The van der Waals surface area contributed by atoms with E-state index in [-0.39, 0.29) is 11.8 Å². The molecule has 0 heterocycles. The SMILES string of the molecule is COC(=O)c1ccc(COc2ccccc2C=C(C#N)Sc2ccc(F)cc2)cc1. The summed E-state index contributed by atoms with van der Waals surface area (Å²) in [5.74, 6) is -0.0807. The minimum absolute atomic E-state index is 0.305. The first-order chi connectivity index (χ1) is 14.6. The lowest BCUT2D eigenvalue weighted by molar-refractivity contribution is 0.0600. The van der Waals surface area contributed by atoms with Crippen LogP contribution in [-0.2, 0) is 11.3 Å². The van der Waals surface area contributed by atoms with E-state index in [2.05, 4.69) is 6.07 Å². The number of esters is 1. The van der Waals surface area contributed by atoms with Crippen LogP contribution in [0.5, 0.6) is 5.75 Å². The van der Waals surface area contributed by atoms with Crippen molar-refractivity contribution in [1.29, 1.82) is 5.26 Å². The molecule has 0 radical (unpaired) electrons. The number of nitriles is 1. The van der Waals surface area contributed by atoms with Crippen molar-refractivity contribution in [1.82, 2.24) is 0 Å². The summed E-state index contributed by atoms with van der Waals surface area (Å²) >= 11 is 1.26. The van der Waals surface area contributed by atoms with Gasteiger partial charge in [0.25, 0.3) is 0 Å². The Hall–Kier alpha value is -3.56. The summed E-state index contributed by atoms with van der Waals surface area (Å²) in [5.41, 5.74) is 2.12. The Balaban J connectivity index is 1.73. The van der Waals surface area contributed by atoms with E-state index in [0.717, 1.165) is 16.0 Å². The van der Waals surface area contributed by atoms with Gasteiger partial charge < -0.3 is 9.47 Å². The zero-order valence-corrected chi connectivity index (χ0v) is 17.0. The minimum atomic E-state index is -0.388. The second-order valence-electron chi connectivity index (χ2n) is 6.19. The molecule has 0 aliphatic rings. The normalized spacial score (nSPS) is 10.9. The van der Waals surface area contributed by atoms with Crippen LogP contribution in [0.4, 0.5) is 4.39 Å². The molecule has 0 saturated heterocycles. The summed E-state index contributed by atoms with van der Waals surface area (Å²) in [6.07, 6.45) is 1.74. The fraction of sp³-hybridized carbons (Fsp3) is 0.0833. The van der Waals surface area contributed by atoms with Gasteiger partial charge >= 0.3 is 5.97 Å². The van der Waals surface area contributed by atoms with Gasteiger partial charge in [0, 0.05) is 10.5 Å². The van der Waals surface area contributed by atoms with E-state index < -0.39 is 0 Å². The summed E-state index contributed by atoms with van der Waals surface area (Å²) in [6.45, 7) is 0.305. The molecule has 4 nitrogen and oxygen atoms in total. The predicted molar refractivity (Wildman–Crippen MR) is 114 cm³/mol. The number of rotatable bonds is 7. The Bertz CT molecular complexity index is 1090. The molecule has 0 bridgehead atoms. The van der Waals surface area contributed by atoms with Gasteiger partial charge in [0.2, 0.25) is 0 Å². The molecular weight excluding hydrogens is 401 g/mol. The van der Waals surface area contributed by atoms with Crippen LogP contribution in [0, 0.1) is 17.1 Å². The van der Waals surface area contributed by atoms with Gasteiger partial charge in [-0.05, 0) is 54.1 Å². The van der Waals surface area contributed by atoms with E-state index in [9.17, 15) is 14.4 Å². The number of carbonyl (C=O) groups is 1. The number of methoxy groups -OCH3 is 1. The van der Waals surface area contributed by atoms with E-state index in [4.69, 9.17) is 9.47 Å². The van der Waals surface area contributed by atoms with Crippen LogP contribution >= 0.6 is 11.8 Å². The number of ether oxygens (including phenoxy) is 2. The summed E-state index contributed by atoms with van der Waals surface area (Å²) in [4.78, 5) is 12.8.